The second-order valence-corrected chi connectivity index (χ2v) is 16.7. The molecule has 3 unspecified atom stereocenters. The van der Waals surface area contributed by atoms with Gasteiger partial charge < -0.3 is 26.9 Å². The number of unbranched alkanes of at least 4 members (excludes halogenated alkanes) is 6. The van der Waals surface area contributed by atoms with Crippen molar-refractivity contribution in [2.45, 2.75) is 156 Å². The minimum atomic E-state index is -0.234. The van der Waals surface area contributed by atoms with Gasteiger partial charge in [0, 0.05) is 18.8 Å². The Labute approximate surface area is 294 Å². The van der Waals surface area contributed by atoms with Gasteiger partial charge in [0.05, 0.1) is 39.6 Å². The Morgan fingerprint density at radius 2 is 1.57 bits per heavy atom. The number of esters is 1. The van der Waals surface area contributed by atoms with Crippen molar-refractivity contribution < 1.29 is 36.0 Å². The van der Waals surface area contributed by atoms with Gasteiger partial charge >= 0.3 is 5.97 Å². The molecule has 47 heavy (non-hydrogen) atoms. The van der Waals surface area contributed by atoms with Crippen molar-refractivity contribution in [3.63, 3.8) is 0 Å². The number of amides is 1. The number of fused-ring (bicyclic) bond motifs is 5. The van der Waals surface area contributed by atoms with E-state index in [4.69, 9.17) is 4.74 Å². The lowest BCUT2D eigenvalue weighted by Crippen LogP contribution is -3.00. The zero-order chi connectivity index (χ0) is 33.4. The number of allylic oxidation sites excluding steroid dienone is 1. The van der Waals surface area contributed by atoms with Gasteiger partial charge in [-0.3, -0.25) is 14.4 Å². The molecule has 1 amide bonds. The van der Waals surface area contributed by atoms with E-state index in [0.717, 1.165) is 30.3 Å². The molecule has 4 rings (SSSR count). The largest absolute Gasteiger partial charge is 1.00 e. The standard InChI is InChI=1S/C40H68N2O4.ClH/c1-7-9-11-13-26-42(6,27-14-12-10-8-2)28-25-41-37(44)19-20-38(45)46-30(3)34-17-18-35-33-16-15-31-29-32(43)21-23-39(31,4)36(33)22-24-40(34,35)5;/h29-30,33-36H,7-28H2,1-6H3;1H/t30-,33?,34+,35?,36?,39-,40+;/m0./s1. The molecule has 0 bridgehead atoms. The average molecular weight is 677 g/mol. The summed E-state index contributed by atoms with van der Waals surface area (Å²) in [5, 5.41) is 3.12. The Hall–Kier alpha value is -1.40. The highest BCUT2D eigenvalue weighted by atomic mass is 35.5. The maximum Gasteiger partial charge on any atom is 0.306 e. The molecule has 6 nitrogen and oxygen atoms in total. The van der Waals surface area contributed by atoms with Crippen LogP contribution < -0.4 is 17.7 Å². The number of nitrogens with one attached hydrogen (secondary N) is 1. The molecule has 0 spiro atoms. The minimum Gasteiger partial charge on any atom is -1.00 e. The number of quaternary nitrogens is 1. The fraction of sp³-hybridized carbons (Fsp3) is 0.875. The number of halogens is 1. The summed E-state index contributed by atoms with van der Waals surface area (Å²) >= 11 is 0. The molecule has 4 aliphatic carbocycles. The van der Waals surface area contributed by atoms with Crippen LogP contribution in [-0.4, -0.2) is 61.5 Å². The van der Waals surface area contributed by atoms with E-state index in [-0.39, 0.29) is 54.1 Å². The number of ketones is 1. The van der Waals surface area contributed by atoms with Crippen LogP contribution in [0.4, 0.5) is 0 Å². The van der Waals surface area contributed by atoms with Crippen molar-refractivity contribution in [1.29, 1.82) is 0 Å². The average Bonchev–Trinajstić information content (AvgIpc) is 3.38. The first kappa shape index (κ1) is 40.0. The molecule has 1 N–H and O–H groups in total. The summed E-state index contributed by atoms with van der Waals surface area (Å²) in [7, 11) is 2.35. The van der Waals surface area contributed by atoms with Crippen LogP contribution in [0, 0.1) is 34.5 Å². The molecule has 4 aliphatic rings. The van der Waals surface area contributed by atoms with Gasteiger partial charge in [-0.1, -0.05) is 59.0 Å². The fourth-order valence-electron chi connectivity index (χ4n) is 10.7. The molecule has 270 valence electrons. The lowest BCUT2D eigenvalue weighted by molar-refractivity contribution is -0.908. The Balaban J connectivity index is 0.00000600. The summed E-state index contributed by atoms with van der Waals surface area (Å²) < 4.78 is 7.09. The molecule has 0 aromatic heterocycles. The molecule has 3 fully saturated rings. The first-order chi connectivity index (χ1) is 22.0. The first-order valence-corrected chi connectivity index (χ1v) is 19.5. The van der Waals surface area contributed by atoms with Crippen molar-refractivity contribution >= 4 is 17.7 Å². The normalized spacial score (nSPS) is 30.7. The number of nitrogens with zero attached hydrogens (tertiary/aromatic N) is 1. The molecular weight excluding hydrogens is 608 g/mol. The third-order valence-electron chi connectivity index (χ3n) is 13.6. The summed E-state index contributed by atoms with van der Waals surface area (Å²) in [6.07, 6.45) is 21.1. The quantitative estimate of drug-likeness (QED) is 0.117. The molecule has 0 aliphatic heterocycles. The van der Waals surface area contributed by atoms with E-state index in [1.54, 1.807) is 0 Å². The van der Waals surface area contributed by atoms with Gasteiger partial charge in [-0.05, 0) is 112 Å². The van der Waals surface area contributed by atoms with Crippen LogP contribution >= 0.6 is 0 Å². The summed E-state index contributed by atoms with van der Waals surface area (Å²) in [6, 6.07) is 0. The Kier molecular flexibility index (Phi) is 15.3. The van der Waals surface area contributed by atoms with E-state index in [2.05, 4.69) is 47.0 Å². The van der Waals surface area contributed by atoms with Crippen molar-refractivity contribution in [2.75, 3.05) is 33.2 Å². The van der Waals surface area contributed by atoms with E-state index in [1.807, 2.05) is 6.08 Å². The Morgan fingerprint density at radius 1 is 0.894 bits per heavy atom. The predicted octanol–water partition coefficient (Wildman–Crippen LogP) is 5.57. The lowest BCUT2D eigenvalue weighted by atomic mass is 9.46. The molecule has 0 heterocycles. The SMILES string of the molecule is CCCCCC[N+](C)(CCCCCC)CCNC(=O)CCC(=O)O[C@@H](C)[C@H]1CCC2C3CCC4=CC(=O)CC[C@]4(C)C3CC[C@@]21C.[Cl-]. The van der Waals surface area contributed by atoms with Gasteiger partial charge in [0.25, 0.3) is 0 Å². The van der Waals surface area contributed by atoms with E-state index < -0.39 is 0 Å². The number of likely N-dealkylation sites (N-methyl/N-ethyl adjacent to an activating group) is 1. The van der Waals surface area contributed by atoms with Crippen LogP contribution in [0.5, 0.6) is 0 Å². The Morgan fingerprint density at radius 3 is 2.23 bits per heavy atom. The van der Waals surface area contributed by atoms with Crippen molar-refractivity contribution in [3.05, 3.63) is 11.6 Å². The zero-order valence-electron chi connectivity index (χ0n) is 31.0. The second-order valence-electron chi connectivity index (χ2n) is 16.7. The highest BCUT2D eigenvalue weighted by Gasteiger charge is 2.60. The highest BCUT2D eigenvalue weighted by molar-refractivity contribution is 5.91. The fourth-order valence-corrected chi connectivity index (χ4v) is 10.7. The van der Waals surface area contributed by atoms with Gasteiger partial charge in [0.1, 0.15) is 6.10 Å². The minimum absolute atomic E-state index is 0. The van der Waals surface area contributed by atoms with Crippen LogP contribution in [-0.2, 0) is 19.1 Å². The number of hydrogen-bond donors (Lipinski definition) is 1. The van der Waals surface area contributed by atoms with Crippen LogP contribution in [0.25, 0.3) is 0 Å². The number of hydrogen-bond acceptors (Lipinski definition) is 4. The van der Waals surface area contributed by atoms with Crippen LogP contribution in [0.3, 0.4) is 0 Å². The van der Waals surface area contributed by atoms with E-state index in [9.17, 15) is 14.4 Å². The predicted molar refractivity (Wildman–Crippen MR) is 187 cm³/mol. The Bertz CT molecular complexity index is 1060. The molecule has 0 aromatic rings. The van der Waals surface area contributed by atoms with E-state index in [1.165, 1.54) is 95.7 Å². The molecule has 0 radical (unpaired) electrons. The topological polar surface area (TPSA) is 72.5 Å². The van der Waals surface area contributed by atoms with Crippen LogP contribution in [0.15, 0.2) is 11.6 Å². The molecule has 7 heteroatoms. The number of carbonyl (C=O) groups is 3. The monoisotopic (exact) mass is 676 g/mol. The highest BCUT2D eigenvalue weighted by Crippen LogP contribution is 2.67. The number of carbonyl (C=O) groups excluding carboxylic acids is 3. The summed E-state index contributed by atoms with van der Waals surface area (Å²) in [6.45, 7) is 15.5. The van der Waals surface area contributed by atoms with Gasteiger partial charge in [-0.15, -0.1) is 0 Å². The third kappa shape index (κ3) is 9.86. The summed E-state index contributed by atoms with van der Waals surface area (Å²) in [5.41, 5.74) is 1.81. The van der Waals surface area contributed by atoms with Crippen molar-refractivity contribution in [1.82, 2.24) is 5.32 Å². The number of rotatable bonds is 18. The molecule has 7 atom stereocenters. The van der Waals surface area contributed by atoms with Gasteiger partial charge in [0.15, 0.2) is 5.78 Å². The molecule has 3 saturated carbocycles. The first-order valence-electron chi connectivity index (χ1n) is 19.5. The molecular formula is C40H69ClN2O4. The zero-order valence-corrected chi connectivity index (χ0v) is 31.7. The second kappa shape index (κ2) is 18.0. The van der Waals surface area contributed by atoms with Crippen LogP contribution in [0.2, 0.25) is 0 Å². The smallest absolute Gasteiger partial charge is 0.306 e. The molecule has 0 saturated heterocycles. The van der Waals surface area contributed by atoms with E-state index in [0.29, 0.717) is 42.4 Å². The third-order valence-corrected chi connectivity index (χ3v) is 13.6. The van der Waals surface area contributed by atoms with E-state index >= 15 is 0 Å². The number of ether oxygens (including phenoxy) is 1. The van der Waals surface area contributed by atoms with Crippen molar-refractivity contribution in [3.8, 4) is 0 Å². The van der Waals surface area contributed by atoms with Gasteiger partial charge in [0.2, 0.25) is 5.91 Å². The maximum absolute atomic E-state index is 13.0. The van der Waals surface area contributed by atoms with Gasteiger partial charge in [-0.2, -0.15) is 0 Å². The maximum atomic E-state index is 13.0. The summed E-state index contributed by atoms with van der Waals surface area (Å²) in [4.78, 5) is 37.9. The molecule has 0 aromatic carbocycles. The van der Waals surface area contributed by atoms with Gasteiger partial charge in [-0.25, -0.2) is 0 Å². The lowest BCUT2D eigenvalue weighted by Gasteiger charge is -2.58. The van der Waals surface area contributed by atoms with Crippen LogP contribution in [0.1, 0.15) is 150 Å². The van der Waals surface area contributed by atoms with Crippen molar-refractivity contribution in [2.24, 2.45) is 34.5 Å². The summed E-state index contributed by atoms with van der Waals surface area (Å²) in [5.74, 6) is 2.47.